The fraction of sp³-hybridized carbons (Fsp3) is 0.706. The summed E-state index contributed by atoms with van der Waals surface area (Å²) >= 11 is 0. The highest BCUT2D eigenvalue weighted by atomic mass is 16.2. The summed E-state index contributed by atoms with van der Waals surface area (Å²) in [6, 6.07) is 1.94. The average molecular weight is 291 g/mol. The summed E-state index contributed by atoms with van der Waals surface area (Å²) in [6.45, 7) is 9.08. The van der Waals surface area contributed by atoms with Crippen molar-refractivity contribution in [1.29, 1.82) is 0 Å². The van der Waals surface area contributed by atoms with Crippen molar-refractivity contribution in [2.24, 2.45) is 7.05 Å². The summed E-state index contributed by atoms with van der Waals surface area (Å²) in [4.78, 5) is 17.1. The first-order valence-electron chi connectivity index (χ1n) is 8.27. The van der Waals surface area contributed by atoms with Gasteiger partial charge in [0.25, 0.3) is 5.91 Å². The molecule has 0 radical (unpaired) electrons. The number of hydrogen-bond donors (Lipinski definition) is 0. The maximum absolute atomic E-state index is 12.6. The molecule has 0 aromatic carbocycles. The SMILES string of the molecule is CCN(CCN1CCCCCC1)C(=O)c1ccn(C)c1C. The second-order valence-electron chi connectivity index (χ2n) is 6.07. The third-order valence-electron chi connectivity index (χ3n) is 4.67. The zero-order valence-corrected chi connectivity index (χ0v) is 13.8. The Morgan fingerprint density at radius 3 is 2.43 bits per heavy atom. The molecule has 1 aromatic rings. The zero-order chi connectivity index (χ0) is 15.2. The predicted molar refractivity (Wildman–Crippen MR) is 86.6 cm³/mol. The second-order valence-corrected chi connectivity index (χ2v) is 6.07. The van der Waals surface area contributed by atoms with Gasteiger partial charge >= 0.3 is 0 Å². The van der Waals surface area contributed by atoms with Crippen LogP contribution < -0.4 is 0 Å². The molecule has 0 aliphatic carbocycles. The summed E-state index contributed by atoms with van der Waals surface area (Å²) < 4.78 is 2.01. The van der Waals surface area contributed by atoms with Gasteiger partial charge in [-0.3, -0.25) is 4.79 Å². The van der Waals surface area contributed by atoms with E-state index < -0.39 is 0 Å². The number of hydrogen-bond acceptors (Lipinski definition) is 2. The van der Waals surface area contributed by atoms with E-state index in [4.69, 9.17) is 0 Å². The van der Waals surface area contributed by atoms with Gasteiger partial charge in [-0.1, -0.05) is 12.8 Å². The van der Waals surface area contributed by atoms with Gasteiger partial charge in [0.2, 0.25) is 0 Å². The standard InChI is InChI=1S/C17H29N3O/c1-4-20(14-13-19-10-7-5-6-8-11-19)17(21)16-9-12-18(3)15(16)2/h9,12H,4-8,10-11,13-14H2,1-3H3. The van der Waals surface area contributed by atoms with Gasteiger partial charge in [-0.15, -0.1) is 0 Å². The molecular weight excluding hydrogens is 262 g/mol. The number of likely N-dealkylation sites (N-methyl/N-ethyl adjacent to an activating group) is 1. The van der Waals surface area contributed by atoms with Gasteiger partial charge in [-0.05, 0) is 45.8 Å². The number of carbonyl (C=O) groups excluding carboxylic acids is 1. The van der Waals surface area contributed by atoms with Crippen molar-refractivity contribution >= 4 is 5.91 Å². The van der Waals surface area contributed by atoms with E-state index in [0.717, 1.165) is 30.9 Å². The van der Waals surface area contributed by atoms with Gasteiger partial charge in [0.15, 0.2) is 0 Å². The Morgan fingerprint density at radius 2 is 1.90 bits per heavy atom. The van der Waals surface area contributed by atoms with Crippen LogP contribution in [-0.4, -0.2) is 53.0 Å². The second kappa shape index (κ2) is 7.64. The molecule has 0 saturated carbocycles. The molecule has 0 unspecified atom stereocenters. The van der Waals surface area contributed by atoms with Gasteiger partial charge in [-0.2, -0.15) is 0 Å². The van der Waals surface area contributed by atoms with Crippen molar-refractivity contribution < 1.29 is 4.79 Å². The molecule has 21 heavy (non-hydrogen) atoms. The predicted octanol–water partition coefficient (Wildman–Crippen LogP) is 2.67. The van der Waals surface area contributed by atoms with Gasteiger partial charge in [0.1, 0.15) is 0 Å². The number of likely N-dealkylation sites (tertiary alicyclic amines) is 1. The lowest BCUT2D eigenvalue weighted by atomic mass is 10.2. The van der Waals surface area contributed by atoms with Crippen molar-refractivity contribution in [2.75, 3.05) is 32.7 Å². The van der Waals surface area contributed by atoms with Gasteiger partial charge in [-0.25, -0.2) is 0 Å². The summed E-state index contributed by atoms with van der Waals surface area (Å²) in [6.07, 6.45) is 7.28. The molecule has 1 aromatic heterocycles. The quantitative estimate of drug-likeness (QED) is 0.834. The smallest absolute Gasteiger partial charge is 0.255 e. The Kier molecular flexibility index (Phi) is 5.85. The summed E-state index contributed by atoms with van der Waals surface area (Å²) in [5.41, 5.74) is 1.89. The largest absolute Gasteiger partial charge is 0.354 e. The number of aryl methyl sites for hydroxylation is 1. The highest BCUT2D eigenvalue weighted by Gasteiger charge is 2.19. The van der Waals surface area contributed by atoms with Gasteiger partial charge in [0.05, 0.1) is 5.56 Å². The lowest BCUT2D eigenvalue weighted by molar-refractivity contribution is 0.0744. The third-order valence-corrected chi connectivity index (χ3v) is 4.67. The first kappa shape index (κ1) is 16.1. The first-order valence-corrected chi connectivity index (χ1v) is 8.27. The molecule has 0 bridgehead atoms. The topological polar surface area (TPSA) is 28.5 Å². The molecule has 0 spiro atoms. The fourth-order valence-corrected chi connectivity index (χ4v) is 3.03. The van der Waals surface area contributed by atoms with Crippen molar-refractivity contribution in [2.45, 2.75) is 39.5 Å². The highest BCUT2D eigenvalue weighted by molar-refractivity contribution is 5.95. The van der Waals surface area contributed by atoms with Crippen LogP contribution in [0.15, 0.2) is 12.3 Å². The van der Waals surface area contributed by atoms with E-state index in [-0.39, 0.29) is 5.91 Å². The van der Waals surface area contributed by atoms with Crippen LogP contribution in [0.3, 0.4) is 0 Å². The van der Waals surface area contributed by atoms with Crippen molar-refractivity contribution in [3.05, 3.63) is 23.5 Å². The van der Waals surface area contributed by atoms with Crippen LogP contribution in [0.5, 0.6) is 0 Å². The van der Waals surface area contributed by atoms with E-state index in [1.807, 2.05) is 35.7 Å². The normalized spacial score (nSPS) is 16.7. The summed E-state index contributed by atoms with van der Waals surface area (Å²) in [5.74, 6) is 0.172. The van der Waals surface area contributed by atoms with Crippen molar-refractivity contribution in [3.63, 3.8) is 0 Å². The minimum Gasteiger partial charge on any atom is -0.354 e. The van der Waals surface area contributed by atoms with E-state index in [2.05, 4.69) is 11.8 Å². The molecule has 2 heterocycles. The Hall–Kier alpha value is -1.29. The van der Waals surface area contributed by atoms with E-state index >= 15 is 0 Å². The Labute approximate surface area is 128 Å². The monoisotopic (exact) mass is 291 g/mol. The molecular formula is C17H29N3O. The number of rotatable bonds is 5. The van der Waals surface area contributed by atoms with Crippen LogP contribution in [0.4, 0.5) is 0 Å². The molecule has 4 heteroatoms. The minimum atomic E-state index is 0.172. The molecule has 118 valence electrons. The van der Waals surface area contributed by atoms with Gasteiger partial charge in [0, 0.05) is 38.6 Å². The van der Waals surface area contributed by atoms with Crippen LogP contribution >= 0.6 is 0 Å². The number of carbonyl (C=O) groups is 1. The Balaban J connectivity index is 1.92. The molecule has 2 rings (SSSR count). The maximum Gasteiger partial charge on any atom is 0.255 e. The molecule has 0 atom stereocenters. The molecule has 4 nitrogen and oxygen atoms in total. The van der Waals surface area contributed by atoms with Crippen LogP contribution in [0.2, 0.25) is 0 Å². The Morgan fingerprint density at radius 1 is 1.24 bits per heavy atom. The van der Waals surface area contributed by atoms with E-state index in [0.29, 0.717) is 0 Å². The van der Waals surface area contributed by atoms with Crippen molar-refractivity contribution in [1.82, 2.24) is 14.4 Å². The van der Waals surface area contributed by atoms with Crippen molar-refractivity contribution in [3.8, 4) is 0 Å². The summed E-state index contributed by atoms with van der Waals surface area (Å²) in [5, 5.41) is 0. The first-order chi connectivity index (χ1) is 10.1. The summed E-state index contributed by atoms with van der Waals surface area (Å²) in [7, 11) is 1.99. The molecule has 1 aliphatic heterocycles. The number of nitrogens with zero attached hydrogens (tertiary/aromatic N) is 3. The minimum absolute atomic E-state index is 0.172. The van der Waals surface area contributed by atoms with E-state index in [9.17, 15) is 4.79 Å². The van der Waals surface area contributed by atoms with Crippen LogP contribution in [0, 0.1) is 6.92 Å². The lowest BCUT2D eigenvalue weighted by Gasteiger charge is -2.26. The highest BCUT2D eigenvalue weighted by Crippen LogP contribution is 2.13. The molecule has 1 amide bonds. The Bertz CT molecular complexity index is 459. The molecule has 0 N–H and O–H groups in total. The molecule has 1 saturated heterocycles. The van der Waals surface area contributed by atoms with E-state index in [1.54, 1.807) is 0 Å². The zero-order valence-electron chi connectivity index (χ0n) is 13.8. The van der Waals surface area contributed by atoms with Crippen LogP contribution in [-0.2, 0) is 7.05 Å². The maximum atomic E-state index is 12.6. The average Bonchev–Trinajstić information content (AvgIpc) is 2.70. The molecule has 1 aliphatic rings. The number of amides is 1. The third kappa shape index (κ3) is 4.10. The van der Waals surface area contributed by atoms with E-state index in [1.165, 1.54) is 38.8 Å². The van der Waals surface area contributed by atoms with Gasteiger partial charge < -0.3 is 14.4 Å². The fourth-order valence-electron chi connectivity index (χ4n) is 3.03. The van der Waals surface area contributed by atoms with Crippen LogP contribution in [0.25, 0.3) is 0 Å². The van der Waals surface area contributed by atoms with Crippen LogP contribution in [0.1, 0.15) is 48.7 Å². The lowest BCUT2D eigenvalue weighted by Crippen LogP contribution is -2.39. The molecule has 1 fully saturated rings. The number of aromatic nitrogens is 1.